The minimum absolute atomic E-state index is 0.759. The van der Waals surface area contributed by atoms with Gasteiger partial charge in [0.15, 0.2) is 0 Å². The zero-order valence-corrected chi connectivity index (χ0v) is 18.6. The molecule has 2 saturated carbocycles. The zero-order valence-electron chi connectivity index (χ0n) is 18.6. The van der Waals surface area contributed by atoms with Crippen molar-refractivity contribution in [3.63, 3.8) is 0 Å². The van der Waals surface area contributed by atoms with Crippen molar-refractivity contribution in [2.45, 2.75) is 70.6 Å². The molecule has 30 heavy (non-hydrogen) atoms. The Morgan fingerprint density at radius 1 is 0.833 bits per heavy atom. The minimum atomic E-state index is 0.759. The van der Waals surface area contributed by atoms with Crippen LogP contribution in [0.15, 0.2) is 61.2 Å². The van der Waals surface area contributed by atoms with Gasteiger partial charge in [-0.15, -0.1) is 6.58 Å². The summed E-state index contributed by atoms with van der Waals surface area (Å²) in [7, 11) is 0. The summed E-state index contributed by atoms with van der Waals surface area (Å²) >= 11 is 0. The van der Waals surface area contributed by atoms with E-state index in [4.69, 9.17) is 0 Å². The summed E-state index contributed by atoms with van der Waals surface area (Å²) in [4.78, 5) is 0. The van der Waals surface area contributed by atoms with E-state index in [0.717, 1.165) is 47.6 Å². The molecule has 2 aromatic carbocycles. The van der Waals surface area contributed by atoms with Crippen LogP contribution >= 0.6 is 0 Å². The highest BCUT2D eigenvalue weighted by Gasteiger charge is 2.35. The second-order valence-electron chi connectivity index (χ2n) is 9.51. The van der Waals surface area contributed by atoms with Crippen molar-refractivity contribution in [1.82, 2.24) is 0 Å². The third-order valence-corrected chi connectivity index (χ3v) is 7.62. The topological polar surface area (TPSA) is 0 Å². The molecule has 0 radical (unpaired) electrons. The van der Waals surface area contributed by atoms with Crippen molar-refractivity contribution in [1.29, 1.82) is 0 Å². The highest BCUT2D eigenvalue weighted by molar-refractivity contribution is 5.44. The predicted molar refractivity (Wildman–Crippen MR) is 129 cm³/mol. The van der Waals surface area contributed by atoms with Gasteiger partial charge >= 0.3 is 0 Å². The fourth-order valence-electron chi connectivity index (χ4n) is 5.67. The first-order valence-electron chi connectivity index (χ1n) is 12.1. The second kappa shape index (κ2) is 10.2. The summed E-state index contributed by atoms with van der Waals surface area (Å²) in [5.74, 6) is 10.4. The summed E-state index contributed by atoms with van der Waals surface area (Å²) < 4.78 is 0. The number of fused-ring (bicyclic) bond motifs is 1. The lowest BCUT2D eigenvalue weighted by Gasteiger charge is -2.42. The van der Waals surface area contributed by atoms with Crippen LogP contribution in [0.2, 0.25) is 0 Å². The van der Waals surface area contributed by atoms with Crippen molar-refractivity contribution in [3.05, 3.63) is 83.4 Å². The van der Waals surface area contributed by atoms with Crippen LogP contribution in [0.25, 0.3) is 0 Å². The number of rotatable bonds is 5. The van der Waals surface area contributed by atoms with Crippen LogP contribution in [-0.4, -0.2) is 0 Å². The van der Waals surface area contributed by atoms with E-state index in [9.17, 15) is 0 Å². The Labute approximate surface area is 183 Å². The Morgan fingerprint density at radius 3 is 2.13 bits per heavy atom. The number of aryl methyl sites for hydroxylation is 1. The molecular weight excluding hydrogens is 360 g/mol. The predicted octanol–water partition coefficient (Wildman–Crippen LogP) is 7.92. The number of allylic oxidation sites excluding steroid dienone is 1. The third-order valence-electron chi connectivity index (χ3n) is 7.62. The van der Waals surface area contributed by atoms with Gasteiger partial charge in [-0.25, -0.2) is 0 Å². The van der Waals surface area contributed by atoms with Crippen LogP contribution in [0, 0.1) is 29.6 Å². The molecule has 4 atom stereocenters. The molecule has 2 fully saturated rings. The van der Waals surface area contributed by atoms with Crippen molar-refractivity contribution in [2.75, 3.05) is 0 Å². The van der Waals surface area contributed by atoms with Crippen LogP contribution in [0.1, 0.15) is 86.5 Å². The largest absolute Gasteiger partial charge is 0.103 e. The summed E-state index contributed by atoms with van der Waals surface area (Å²) in [5.41, 5.74) is 5.08. The minimum Gasteiger partial charge on any atom is -0.103 e. The van der Waals surface area contributed by atoms with Crippen molar-refractivity contribution < 1.29 is 0 Å². The number of benzene rings is 2. The highest BCUT2D eigenvalue weighted by Crippen LogP contribution is 2.48. The van der Waals surface area contributed by atoms with E-state index in [0.29, 0.717) is 0 Å². The molecule has 1 unspecified atom stereocenters. The first kappa shape index (κ1) is 21.0. The van der Waals surface area contributed by atoms with E-state index in [1.807, 2.05) is 6.08 Å². The normalized spacial score (nSPS) is 25.6. The average Bonchev–Trinajstić information content (AvgIpc) is 2.81. The monoisotopic (exact) mass is 396 g/mol. The van der Waals surface area contributed by atoms with Crippen LogP contribution in [0.3, 0.4) is 0 Å². The molecule has 0 aromatic heterocycles. The maximum Gasteiger partial charge on any atom is 0.0249 e. The average molecular weight is 397 g/mol. The molecule has 0 bridgehead atoms. The van der Waals surface area contributed by atoms with E-state index in [1.54, 1.807) is 0 Å². The fourth-order valence-corrected chi connectivity index (χ4v) is 5.67. The van der Waals surface area contributed by atoms with Gasteiger partial charge in [0.2, 0.25) is 0 Å². The van der Waals surface area contributed by atoms with E-state index >= 15 is 0 Å². The van der Waals surface area contributed by atoms with Gasteiger partial charge in [-0.1, -0.05) is 61.9 Å². The summed E-state index contributed by atoms with van der Waals surface area (Å²) in [5, 5.41) is 0. The molecule has 0 aliphatic heterocycles. The van der Waals surface area contributed by atoms with E-state index in [-0.39, 0.29) is 0 Å². The Hall–Kier alpha value is -2.26. The summed E-state index contributed by atoms with van der Waals surface area (Å²) in [6.07, 6.45) is 14.1. The Morgan fingerprint density at radius 2 is 1.47 bits per heavy atom. The van der Waals surface area contributed by atoms with E-state index < -0.39 is 0 Å². The molecule has 4 rings (SSSR count). The Balaban J connectivity index is 1.35. The first-order valence-corrected chi connectivity index (χ1v) is 12.1. The van der Waals surface area contributed by atoms with Crippen LogP contribution in [0.4, 0.5) is 0 Å². The molecule has 2 aliphatic rings. The van der Waals surface area contributed by atoms with Gasteiger partial charge in [-0.3, -0.25) is 0 Å². The lowest BCUT2D eigenvalue weighted by molar-refractivity contribution is 0.116. The smallest absolute Gasteiger partial charge is 0.0249 e. The molecular formula is C30H36. The van der Waals surface area contributed by atoms with Crippen LogP contribution in [0.5, 0.6) is 0 Å². The summed E-state index contributed by atoms with van der Waals surface area (Å²) in [6, 6.07) is 17.7. The van der Waals surface area contributed by atoms with Crippen LogP contribution in [-0.2, 0) is 6.42 Å². The highest BCUT2D eigenvalue weighted by atomic mass is 14.4. The van der Waals surface area contributed by atoms with E-state index in [2.05, 4.69) is 73.9 Å². The zero-order chi connectivity index (χ0) is 20.8. The molecule has 0 spiro atoms. The molecule has 0 heterocycles. The first-order chi connectivity index (χ1) is 14.7. The second-order valence-corrected chi connectivity index (χ2v) is 9.51. The molecule has 0 N–H and O–H groups in total. The lowest BCUT2D eigenvalue weighted by Crippen LogP contribution is -2.30. The molecule has 0 saturated heterocycles. The van der Waals surface area contributed by atoms with Gasteiger partial charge in [0.25, 0.3) is 0 Å². The fraction of sp³-hybridized carbons (Fsp3) is 0.467. The van der Waals surface area contributed by atoms with Gasteiger partial charge in [-0.2, -0.15) is 0 Å². The van der Waals surface area contributed by atoms with Crippen molar-refractivity contribution in [2.24, 2.45) is 17.8 Å². The molecule has 2 aromatic rings. The molecule has 0 heteroatoms. The maximum atomic E-state index is 3.79. The third kappa shape index (κ3) is 5.26. The molecule has 2 aliphatic carbocycles. The van der Waals surface area contributed by atoms with Crippen molar-refractivity contribution in [3.8, 4) is 11.8 Å². The Bertz CT molecular complexity index is 874. The lowest BCUT2D eigenvalue weighted by atomic mass is 9.63. The maximum absolute atomic E-state index is 3.79. The van der Waals surface area contributed by atoms with Crippen LogP contribution < -0.4 is 0 Å². The standard InChI is InChI=1S/C30H36/c1-3-5-6-24-7-9-25(10-8-24)11-12-26-14-16-27(17-15-26)29-20-19-28-21-23(4-2)13-18-30(28)22-29/h3,7-10,14-17,23,28-30H,1,4-6,13,18-22H2,2H3/t23?,28-,29-,30-/m1/s1. The van der Waals surface area contributed by atoms with Gasteiger partial charge < -0.3 is 0 Å². The number of hydrogen-bond donors (Lipinski definition) is 0. The van der Waals surface area contributed by atoms with E-state index in [1.165, 1.54) is 56.1 Å². The van der Waals surface area contributed by atoms with Crippen molar-refractivity contribution >= 4 is 0 Å². The molecule has 156 valence electrons. The summed E-state index contributed by atoms with van der Waals surface area (Å²) in [6.45, 7) is 6.17. The van der Waals surface area contributed by atoms with Gasteiger partial charge in [0, 0.05) is 11.1 Å². The molecule has 0 amide bonds. The number of hydrogen-bond acceptors (Lipinski definition) is 0. The quantitative estimate of drug-likeness (QED) is 0.356. The SMILES string of the molecule is C=CCCc1ccc(C#Cc2ccc([C@@H]3CC[C@@H]4CC(CC)CC[C@@H]4C3)cc2)cc1. The van der Waals surface area contributed by atoms with Gasteiger partial charge in [0.05, 0.1) is 0 Å². The Kier molecular flexibility index (Phi) is 7.11. The van der Waals surface area contributed by atoms with Gasteiger partial charge in [-0.05, 0) is 104 Å². The molecule has 0 nitrogen and oxygen atoms in total. The van der Waals surface area contributed by atoms with Gasteiger partial charge in [0.1, 0.15) is 0 Å².